The van der Waals surface area contributed by atoms with Crippen molar-refractivity contribution < 1.29 is 4.79 Å². The van der Waals surface area contributed by atoms with E-state index in [0.717, 1.165) is 15.7 Å². The fourth-order valence-corrected chi connectivity index (χ4v) is 3.17. The predicted octanol–water partition coefficient (Wildman–Crippen LogP) is 3.05. The third-order valence-corrected chi connectivity index (χ3v) is 3.63. The average Bonchev–Trinajstić information content (AvgIpc) is 2.59. The zero-order chi connectivity index (χ0) is 12.6. The molecular formula is C14H14BrNO. The summed E-state index contributed by atoms with van der Waals surface area (Å²) >= 11 is 3.53. The molecule has 2 rings (SSSR count). The highest BCUT2D eigenvalue weighted by Gasteiger charge is 2.31. The molecule has 1 aliphatic heterocycles. The molecule has 88 valence electrons. The predicted molar refractivity (Wildman–Crippen MR) is 72.9 cm³/mol. The molecule has 0 spiro atoms. The molecule has 0 bridgehead atoms. The van der Waals surface area contributed by atoms with Crippen LogP contribution >= 0.6 is 15.9 Å². The molecule has 1 fully saturated rings. The van der Waals surface area contributed by atoms with Crippen molar-refractivity contribution in [2.24, 2.45) is 5.92 Å². The van der Waals surface area contributed by atoms with Gasteiger partial charge < -0.3 is 4.90 Å². The van der Waals surface area contributed by atoms with Crippen molar-refractivity contribution in [2.45, 2.75) is 20.3 Å². The summed E-state index contributed by atoms with van der Waals surface area (Å²) in [5, 5.41) is 0. The Morgan fingerprint density at radius 3 is 2.71 bits per heavy atom. The van der Waals surface area contributed by atoms with Crippen LogP contribution in [-0.2, 0) is 4.79 Å². The van der Waals surface area contributed by atoms with Gasteiger partial charge in [-0.05, 0) is 47.0 Å². The molecule has 2 nitrogen and oxygen atoms in total. The first-order chi connectivity index (χ1) is 8.02. The highest BCUT2D eigenvalue weighted by molar-refractivity contribution is 9.10. The number of amides is 1. The van der Waals surface area contributed by atoms with Crippen molar-refractivity contribution >= 4 is 27.5 Å². The molecule has 1 aliphatic rings. The third-order valence-electron chi connectivity index (χ3n) is 3.03. The minimum Gasteiger partial charge on any atom is -0.310 e. The van der Waals surface area contributed by atoms with Crippen molar-refractivity contribution in [1.29, 1.82) is 0 Å². The maximum atomic E-state index is 11.9. The van der Waals surface area contributed by atoms with Gasteiger partial charge >= 0.3 is 0 Å². The Kier molecular flexibility index (Phi) is 3.26. The minimum absolute atomic E-state index is 0.0371. The van der Waals surface area contributed by atoms with Crippen LogP contribution in [0.3, 0.4) is 0 Å². The molecule has 1 atom stereocenters. The van der Waals surface area contributed by atoms with Crippen molar-refractivity contribution in [1.82, 2.24) is 0 Å². The fraction of sp³-hybridized carbons (Fsp3) is 0.357. The van der Waals surface area contributed by atoms with Gasteiger partial charge in [-0.2, -0.15) is 0 Å². The topological polar surface area (TPSA) is 20.3 Å². The number of aryl methyl sites for hydroxylation is 2. The lowest BCUT2D eigenvalue weighted by molar-refractivity contribution is -0.117. The minimum atomic E-state index is 0.0371. The lowest BCUT2D eigenvalue weighted by Gasteiger charge is -2.20. The van der Waals surface area contributed by atoms with Gasteiger partial charge in [0.15, 0.2) is 0 Å². The molecule has 0 N–H and O–H groups in total. The van der Waals surface area contributed by atoms with Crippen LogP contribution in [0.5, 0.6) is 0 Å². The summed E-state index contributed by atoms with van der Waals surface area (Å²) in [6.45, 7) is 4.68. The van der Waals surface area contributed by atoms with Crippen LogP contribution in [0.1, 0.15) is 17.5 Å². The van der Waals surface area contributed by atoms with E-state index in [2.05, 4.69) is 27.9 Å². The Morgan fingerprint density at radius 1 is 1.47 bits per heavy atom. The van der Waals surface area contributed by atoms with Gasteiger partial charge in [-0.3, -0.25) is 4.79 Å². The average molecular weight is 292 g/mol. The van der Waals surface area contributed by atoms with E-state index in [1.165, 1.54) is 5.56 Å². The van der Waals surface area contributed by atoms with Crippen LogP contribution in [0.2, 0.25) is 0 Å². The van der Waals surface area contributed by atoms with E-state index in [1.807, 2.05) is 19.9 Å². The van der Waals surface area contributed by atoms with Gasteiger partial charge in [0.1, 0.15) is 0 Å². The fourth-order valence-electron chi connectivity index (χ4n) is 2.29. The van der Waals surface area contributed by atoms with Crippen LogP contribution in [0.25, 0.3) is 0 Å². The highest BCUT2D eigenvalue weighted by atomic mass is 79.9. The van der Waals surface area contributed by atoms with Gasteiger partial charge in [-0.15, -0.1) is 12.3 Å². The van der Waals surface area contributed by atoms with Gasteiger partial charge in [-0.25, -0.2) is 0 Å². The highest BCUT2D eigenvalue weighted by Crippen LogP contribution is 2.35. The largest absolute Gasteiger partial charge is 0.310 e. The zero-order valence-corrected chi connectivity index (χ0v) is 11.5. The number of terminal acetylenes is 1. The maximum Gasteiger partial charge on any atom is 0.228 e. The van der Waals surface area contributed by atoms with Crippen molar-refractivity contribution in [3.8, 4) is 12.3 Å². The van der Waals surface area contributed by atoms with E-state index in [-0.39, 0.29) is 11.8 Å². The van der Waals surface area contributed by atoms with Gasteiger partial charge in [0.2, 0.25) is 5.91 Å². The number of anilines is 1. The van der Waals surface area contributed by atoms with Gasteiger partial charge in [0.25, 0.3) is 0 Å². The van der Waals surface area contributed by atoms with Gasteiger partial charge in [0.05, 0.1) is 5.69 Å². The monoisotopic (exact) mass is 291 g/mol. The lowest BCUT2D eigenvalue weighted by atomic mass is 10.1. The summed E-state index contributed by atoms with van der Waals surface area (Å²) in [7, 11) is 0. The van der Waals surface area contributed by atoms with Crippen LogP contribution < -0.4 is 4.90 Å². The number of carbonyl (C=O) groups is 1. The second kappa shape index (κ2) is 4.54. The number of halogens is 1. The SMILES string of the molecule is C#CC1CC(=O)N(c2c(C)cc(C)cc2Br)C1. The van der Waals surface area contributed by atoms with Crippen LogP contribution in [-0.4, -0.2) is 12.5 Å². The van der Waals surface area contributed by atoms with Crippen LogP contribution in [0.15, 0.2) is 16.6 Å². The molecule has 0 aliphatic carbocycles. The van der Waals surface area contributed by atoms with Gasteiger partial charge in [-0.1, -0.05) is 6.07 Å². The molecule has 1 saturated heterocycles. The number of hydrogen-bond donors (Lipinski definition) is 0. The summed E-state index contributed by atoms with van der Waals surface area (Å²) in [5.41, 5.74) is 3.24. The third kappa shape index (κ3) is 2.23. The second-order valence-electron chi connectivity index (χ2n) is 4.48. The number of hydrogen-bond acceptors (Lipinski definition) is 1. The number of benzene rings is 1. The molecule has 1 unspecified atom stereocenters. The molecule has 1 heterocycles. The van der Waals surface area contributed by atoms with E-state index in [1.54, 1.807) is 4.90 Å². The molecule has 17 heavy (non-hydrogen) atoms. The quantitative estimate of drug-likeness (QED) is 0.729. The van der Waals surface area contributed by atoms with Crippen molar-refractivity contribution in [3.05, 3.63) is 27.7 Å². The Morgan fingerprint density at radius 2 is 2.18 bits per heavy atom. The molecule has 1 aromatic carbocycles. The van der Waals surface area contributed by atoms with E-state index < -0.39 is 0 Å². The summed E-state index contributed by atoms with van der Waals surface area (Å²) in [4.78, 5) is 13.7. The molecule has 3 heteroatoms. The van der Waals surface area contributed by atoms with E-state index >= 15 is 0 Å². The Balaban J connectivity index is 2.42. The second-order valence-corrected chi connectivity index (χ2v) is 5.34. The smallest absolute Gasteiger partial charge is 0.228 e. The Bertz CT molecular complexity index is 492. The van der Waals surface area contributed by atoms with Gasteiger partial charge in [0, 0.05) is 23.4 Å². The summed E-state index contributed by atoms with van der Waals surface area (Å²) in [6, 6.07) is 4.11. The van der Waals surface area contributed by atoms with Crippen molar-refractivity contribution in [3.63, 3.8) is 0 Å². The normalized spacial score (nSPS) is 19.5. The van der Waals surface area contributed by atoms with E-state index in [0.29, 0.717) is 13.0 Å². The number of rotatable bonds is 1. The van der Waals surface area contributed by atoms with Crippen LogP contribution in [0.4, 0.5) is 5.69 Å². The first-order valence-corrected chi connectivity index (χ1v) is 6.35. The number of carbonyl (C=O) groups excluding carboxylic acids is 1. The Hall–Kier alpha value is -1.27. The maximum absolute atomic E-state index is 11.9. The molecule has 1 aromatic rings. The first-order valence-electron chi connectivity index (χ1n) is 5.56. The lowest BCUT2D eigenvalue weighted by Crippen LogP contribution is -2.25. The summed E-state index contributed by atoms with van der Waals surface area (Å²) < 4.78 is 0.959. The molecular weight excluding hydrogens is 278 g/mol. The van der Waals surface area contributed by atoms with Crippen molar-refractivity contribution in [2.75, 3.05) is 11.4 Å². The first kappa shape index (κ1) is 12.2. The van der Waals surface area contributed by atoms with E-state index in [4.69, 9.17) is 6.42 Å². The van der Waals surface area contributed by atoms with Crippen LogP contribution in [0, 0.1) is 32.1 Å². The zero-order valence-electron chi connectivity index (χ0n) is 9.96. The molecule has 0 saturated carbocycles. The number of nitrogens with zero attached hydrogens (tertiary/aromatic N) is 1. The summed E-state index contributed by atoms with van der Waals surface area (Å²) in [5.74, 6) is 2.82. The molecule has 0 aromatic heterocycles. The standard InChI is InChI=1S/C14H14BrNO/c1-4-11-7-13(17)16(8-11)14-10(3)5-9(2)6-12(14)15/h1,5-6,11H,7-8H2,2-3H3. The molecule has 1 amide bonds. The Labute approximate surface area is 110 Å². The molecule has 0 radical (unpaired) electrons. The summed E-state index contributed by atoms with van der Waals surface area (Å²) in [6.07, 6.45) is 5.85. The van der Waals surface area contributed by atoms with E-state index in [9.17, 15) is 4.79 Å².